The zero-order valence-corrected chi connectivity index (χ0v) is 23.7. The van der Waals surface area contributed by atoms with Gasteiger partial charge in [0.25, 0.3) is 0 Å². The van der Waals surface area contributed by atoms with E-state index in [2.05, 4.69) is 111 Å². The summed E-state index contributed by atoms with van der Waals surface area (Å²) >= 11 is 0. The second kappa shape index (κ2) is 10.8. The largest absolute Gasteiger partial charge is 0.0683 e. The summed E-state index contributed by atoms with van der Waals surface area (Å²) < 4.78 is 0. The minimum Gasteiger partial charge on any atom is -0.0683 e. The SMILES string of the molecule is CC.CC.CC.CC1(C)c2ccc3cc4ccccc4cc3c2-c2c1ccc1cc3ccccc3cc21. The quantitative estimate of drug-likeness (QED) is 0.188. The maximum Gasteiger partial charge on any atom is 0.0159 e. The summed E-state index contributed by atoms with van der Waals surface area (Å²) in [4.78, 5) is 0. The molecule has 188 valence electrons. The molecule has 0 spiro atoms. The van der Waals surface area contributed by atoms with Crippen LogP contribution in [-0.4, -0.2) is 0 Å². The Hall–Kier alpha value is -3.64. The van der Waals surface area contributed by atoms with Gasteiger partial charge in [-0.15, -0.1) is 0 Å². The summed E-state index contributed by atoms with van der Waals surface area (Å²) in [5.41, 5.74) is 5.70. The Labute approximate surface area is 223 Å². The van der Waals surface area contributed by atoms with Crippen LogP contribution in [0.1, 0.15) is 66.5 Å². The van der Waals surface area contributed by atoms with E-state index in [9.17, 15) is 0 Å². The molecule has 37 heavy (non-hydrogen) atoms. The number of rotatable bonds is 0. The van der Waals surface area contributed by atoms with Gasteiger partial charge in [-0.3, -0.25) is 0 Å². The Bertz CT molecular complexity index is 1570. The third kappa shape index (κ3) is 4.19. The molecule has 0 unspecified atom stereocenters. The van der Waals surface area contributed by atoms with E-state index in [0.29, 0.717) is 0 Å². The van der Waals surface area contributed by atoms with Gasteiger partial charge in [-0.2, -0.15) is 0 Å². The van der Waals surface area contributed by atoms with E-state index in [4.69, 9.17) is 0 Å². The zero-order chi connectivity index (χ0) is 26.7. The summed E-state index contributed by atoms with van der Waals surface area (Å²) in [6.45, 7) is 16.7. The Morgan fingerprint density at radius 1 is 0.378 bits per heavy atom. The Kier molecular flexibility index (Phi) is 7.69. The molecule has 0 aromatic heterocycles. The van der Waals surface area contributed by atoms with Gasteiger partial charge in [0.05, 0.1) is 0 Å². The summed E-state index contributed by atoms with van der Waals surface area (Å²) in [6.07, 6.45) is 0. The Morgan fingerprint density at radius 2 is 0.703 bits per heavy atom. The molecule has 0 fully saturated rings. The fraction of sp³-hybridized carbons (Fsp3) is 0.243. The summed E-state index contributed by atoms with van der Waals surface area (Å²) in [5.74, 6) is 0. The third-order valence-electron chi connectivity index (χ3n) is 7.37. The van der Waals surface area contributed by atoms with E-state index in [1.54, 1.807) is 0 Å². The predicted octanol–water partition coefficient (Wildman–Crippen LogP) is 11.7. The molecule has 6 aromatic carbocycles. The average molecular weight is 485 g/mol. The topological polar surface area (TPSA) is 0 Å². The molecular weight excluding hydrogens is 444 g/mol. The standard InChI is InChI=1S/C31H22.3C2H6/c1-31(2)27-13-11-23-15-19-7-3-5-9-21(19)17-25(23)29(27)30-26-18-22-10-6-4-8-20(22)16-24(26)12-14-28(30)31;3*1-2/h3-18H,1-2H3;3*1-2H3. The zero-order valence-electron chi connectivity index (χ0n) is 23.7. The molecular formula is C37H40. The predicted molar refractivity (Wildman–Crippen MR) is 168 cm³/mol. The molecule has 7 rings (SSSR count). The summed E-state index contributed by atoms with van der Waals surface area (Å²) in [5, 5.41) is 10.6. The highest BCUT2D eigenvalue weighted by Gasteiger charge is 2.37. The van der Waals surface area contributed by atoms with Crippen molar-refractivity contribution >= 4 is 43.1 Å². The molecule has 0 radical (unpaired) electrons. The maximum atomic E-state index is 2.40. The average Bonchev–Trinajstić information content (AvgIpc) is 3.21. The van der Waals surface area contributed by atoms with E-state index >= 15 is 0 Å². The molecule has 0 atom stereocenters. The van der Waals surface area contributed by atoms with Gasteiger partial charge in [0, 0.05) is 5.41 Å². The van der Waals surface area contributed by atoms with Crippen molar-refractivity contribution < 1.29 is 0 Å². The van der Waals surface area contributed by atoms with E-state index in [1.807, 2.05) is 41.5 Å². The van der Waals surface area contributed by atoms with Gasteiger partial charge in [0.2, 0.25) is 0 Å². The molecule has 0 heteroatoms. The Morgan fingerprint density at radius 3 is 1.05 bits per heavy atom. The molecule has 0 nitrogen and oxygen atoms in total. The smallest absolute Gasteiger partial charge is 0.0159 e. The molecule has 0 bridgehead atoms. The van der Waals surface area contributed by atoms with Gasteiger partial charge in [0.1, 0.15) is 0 Å². The first-order valence-electron chi connectivity index (χ1n) is 14.0. The lowest BCUT2D eigenvalue weighted by atomic mass is 9.81. The lowest BCUT2D eigenvalue weighted by molar-refractivity contribution is 0.661. The monoisotopic (exact) mass is 484 g/mol. The van der Waals surface area contributed by atoms with Crippen LogP contribution < -0.4 is 0 Å². The first kappa shape index (κ1) is 26.4. The first-order chi connectivity index (χ1) is 18.1. The van der Waals surface area contributed by atoms with Crippen LogP contribution >= 0.6 is 0 Å². The van der Waals surface area contributed by atoms with Gasteiger partial charge in [-0.05, 0) is 89.6 Å². The minimum absolute atomic E-state index is 0.00959. The second-order valence-electron chi connectivity index (χ2n) is 9.44. The number of benzene rings is 6. The van der Waals surface area contributed by atoms with Crippen molar-refractivity contribution in [3.8, 4) is 11.1 Å². The lowest BCUT2D eigenvalue weighted by Gasteiger charge is -2.21. The second-order valence-corrected chi connectivity index (χ2v) is 9.44. The Balaban J connectivity index is 0.000000500. The van der Waals surface area contributed by atoms with Crippen LogP contribution in [0.15, 0.2) is 97.1 Å². The molecule has 0 amide bonds. The van der Waals surface area contributed by atoms with Crippen molar-refractivity contribution in [3.05, 3.63) is 108 Å². The van der Waals surface area contributed by atoms with Crippen LogP contribution in [0.4, 0.5) is 0 Å². The van der Waals surface area contributed by atoms with E-state index in [1.165, 1.54) is 65.3 Å². The third-order valence-corrected chi connectivity index (χ3v) is 7.37. The molecule has 0 N–H and O–H groups in total. The van der Waals surface area contributed by atoms with Crippen molar-refractivity contribution in [2.75, 3.05) is 0 Å². The van der Waals surface area contributed by atoms with Crippen molar-refractivity contribution in [2.24, 2.45) is 0 Å². The van der Waals surface area contributed by atoms with Crippen LogP contribution in [0.5, 0.6) is 0 Å². The number of hydrogen-bond acceptors (Lipinski definition) is 0. The minimum atomic E-state index is -0.00959. The molecule has 0 heterocycles. The highest BCUT2D eigenvalue weighted by molar-refractivity contribution is 6.15. The van der Waals surface area contributed by atoms with Crippen molar-refractivity contribution in [1.29, 1.82) is 0 Å². The van der Waals surface area contributed by atoms with Crippen molar-refractivity contribution in [3.63, 3.8) is 0 Å². The molecule has 0 saturated carbocycles. The van der Waals surface area contributed by atoms with Crippen LogP contribution in [0.3, 0.4) is 0 Å². The van der Waals surface area contributed by atoms with Crippen molar-refractivity contribution in [2.45, 2.75) is 60.8 Å². The summed E-state index contributed by atoms with van der Waals surface area (Å²) in [6, 6.07) is 36.2. The fourth-order valence-corrected chi connectivity index (χ4v) is 5.75. The molecule has 6 aromatic rings. The molecule has 1 aliphatic carbocycles. The maximum absolute atomic E-state index is 2.40. The van der Waals surface area contributed by atoms with E-state index < -0.39 is 0 Å². The number of fused-ring (bicyclic) bond motifs is 9. The van der Waals surface area contributed by atoms with Gasteiger partial charge in [-0.1, -0.05) is 128 Å². The first-order valence-corrected chi connectivity index (χ1v) is 14.0. The highest BCUT2D eigenvalue weighted by Crippen LogP contribution is 2.54. The summed E-state index contributed by atoms with van der Waals surface area (Å²) in [7, 11) is 0. The lowest BCUT2D eigenvalue weighted by Crippen LogP contribution is -2.14. The highest BCUT2D eigenvalue weighted by atomic mass is 14.4. The molecule has 0 saturated heterocycles. The van der Waals surface area contributed by atoms with Crippen LogP contribution in [0.25, 0.3) is 54.2 Å². The van der Waals surface area contributed by atoms with Crippen molar-refractivity contribution in [1.82, 2.24) is 0 Å². The molecule has 1 aliphatic rings. The molecule has 0 aliphatic heterocycles. The fourth-order valence-electron chi connectivity index (χ4n) is 5.75. The van der Waals surface area contributed by atoms with Gasteiger partial charge in [-0.25, -0.2) is 0 Å². The normalized spacial score (nSPS) is 12.5. The van der Waals surface area contributed by atoms with E-state index in [0.717, 1.165) is 0 Å². The van der Waals surface area contributed by atoms with Gasteiger partial charge in [0.15, 0.2) is 0 Å². The van der Waals surface area contributed by atoms with Crippen LogP contribution in [0.2, 0.25) is 0 Å². The van der Waals surface area contributed by atoms with Gasteiger partial charge >= 0.3 is 0 Å². The van der Waals surface area contributed by atoms with Gasteiger partial charge < -0.3 is 0 Å². The van der Waals surface area contributed by atoms with Crippen LogP contribution in [0, 0.1) is 0 Å². The number of hydrogen-bond donors (Lipinski definition) is 0. The van der Waals surface area contributed by atoms with Crippen LogP contribution in [-0.2, 0) is 5.41 Å². The van der Waals surface area contributed by atoms with E-state index in [-0.39, 0.29) is 5.41 Å².